The summed E-state index contributed by atoms with van der Waals surface area (Å²) in [7, 11) is 1.89. The molecular formula is C45H59NO9. The number of aldehydes is 1. The van der Waals surface area contributed by atoms with Crippen molar-refractivity contribution in [2.24, 2.45) is 58.2 Å². The van der Waals surface area contributed by atoms with Gasteiger partial charge in [-0.3, -0.25) is 0 Å². The van der Waals surface area contributed by atoms with Gasteiger partial charge in [-0.15, -0.1) is 0 Å². The van der Waals surface area contributed by atoms with Crippen LogP contribution in [0.4, 0.5) is 0 Å². The number of aliphatic hydroxyl groups is 6. The Balaban J connectivity index is 1.24. The van der Waals surface area contributed by atoms with Gasteiger partial charge in [-0.2, -0.15) is 0 Å². The van der Waals surface area contributed by atoms with Crippen molar-refractivity contribution in [3.8, 4) is 11.8 Å². The van der Waals surface area contributed by atoms with Crippen molar-refractivity contribution < 1.29 is 45.0 Å². The Hall–Kier alpha value is -2.62. The van der Waals surface area contributed by atoms with Gasteiger partial charge in [0.1, 0.15) is 23.6 Å². The molecule has 10 rings (SSSR count). The van der Waals surface area contributed by atoms with E-state index in [1.807, 2.05) is 25.2 Å². The lowest BCUT2D eigenvalue weighted by Gasteiger charge is -2.73. The van der Waals surface area contributed by atoms with Gasteiger partial charge in [0.15, 0.2) is 0 Å². The summed E-state index contributed by atoms with van der Waals surface area (Å²) < 4.78 is 6.18. The molecule has 0 aromatic heterocycles. The van der Waals surface area contributed by atoms with E-state index < -0.39 is 69.7 Å². The van der Waals surface area contributed by atoms with Crippen LogP contribution < -0.4 is 5.32 Å². The number of hydrogen-bond acceptors (Lipinski definition) is 10. The Kier molecular flexibility index (Phi) is 8.93. The second-order valence-corrected chi connectivity index (χ2v) is 19.3. The molecule has 1 aromatic carbocycles. The highest BCUT2D eigenvalue weighted by Crippen LogP contribution is 2.77. The van der Waals surface area contributed by atoms with Crippen molar-refractivity contribution in [1.29, 1.82) is 0 Å². The second kappa shape index (κ2) is 12.9. The number of carbonyl (C=O) groups is 2. The normalized spacial score (nSPS) is 49.5. The van der Waals surface area contributed by atoms with Gasteiger partial charge in [0.05, 0.1) is 29.8 Å². The van der Waals surface area contributed by atoms with Gasteiger partial charge < -0.3 is 45.5 Å². The fraction of sp³-hybridized carbons (Fsp3) is 0.733. The third-order valence-corrected chi connectivity index (χ3v) is 17.6. The molecule has 0 radical (unpaired) electrons. The topological polar surface area (TPSA) is 177 Å². The number of carbonyl (C=O) groups excluding carboxylic acids is 2. The van der Waals surface area contributed by atoms with E-state index in [1.54, 1.807) is 6.08 Å². The summed E-state index contributed by atoms with van der Waals surface area (Å²) in [6.07, 6.45) is 4.20. The highest BCUT2D eigenvalue weighted by atomic mass is 16.5. The van der Waals surface area contributed by atoms with Crippen molar-refractivity contribution in [2.75, 3.05) is 7.05 Å². The van der Waals surface area contributed by atoms with Crippen LogP contribution in [0.5, 0.6) is 0 Å². The minimum atomic E-state index is -2.18. The smallest absolute Gasteiger partial charge is 0.331 e. The number of likely N-dealkylation sites (N-methyl/N-ethyl adjacent to an activating group) is 1. The standard InChI is InChI=1S/C45H59NO9/c1-24(2)26-10-11-32-35(49)12-15-42(23-48)36-13-16-41-14-5-4-7-25-8-6-9-27(22-47)29(25)19-34(46-3)30-17-28(38(41)31-20-37(50)55-39(30)31)21-43(41,52)45(36,54)40(51)33(18-26)44(32,42)53/h6,8-9,20,23-24,26,28,30,32-36,38-40,46-47,49,51-54H,5,10-19,21-22H2,1-3H3/t26-,28+,30-,32+,33+,34-,35+,36-,38-,39-,40-,41-,42+,43-,44-,45-/m1/s1. The van der Waals surface area contributed by atoms with E-state index >= 15 is 0 Å². The molecule has 10 heteroatoms. The molecule has 1 heterocycles. The quantitative estimate of drug-likeness (QED) is 0.137. The molecule has 298 valence electrons. The predicted molar refractivity (Wildman–Crippen MR) is 202 cm³/mol. The monoisotopic (exact) mass is 757 g/mol. The number of fused-ring (bicyclic) bond motifs is 6. The van der Waals surface area contributed by atoms with Crippen molar-refractivity contribution in [2.45, 2.75) is 139 Å². The van der Waals surface area contributed by atoms with Crippen LogP contribution >= 0.6 is 0 Å². The van der Waals surface area contributed by atoms with Crippen LogP contribution in [0.2, 0.25) is 0 Å². The van der Waals surface area contributed by atoms with E-state index in [0.717, 1.165) is 35.0 Å². The van der Waals surface area contributed by atoms with Gasteiger partial charge in [-0.25, -0.2) is 4.79 Å². The number of aliphatic hydroxyl groups excluding tert-OH is 3. The zero-order valence-electron chi connectivity index (χ0n) is 32.4. The first-order valence-electron chi connectivity index (χ1n) is 21.1. The Morgan fingerprint density at radius 2 is 1.82 bits per heavy atom. The molecule has 0 amide bonds. The number of ether oxygens (including phenoxy) is 1. The largest absolute Gasteiger partial charge is 0.454 e. The third kappa shape index (κ3) is 4.69. The number of esters is 1. The molecule has 10 nitrogen and oxygen atoms in total. The van der Waals surface area contributed by atoms with Gasteiger partial charge in [-0.1, -0.05) is 37.8 Å². The summed E-state index contributed by atoms with van der Waals surface area (Å²) in [4.78, 5) is 27.3. The summed E-state index contributed by atoms with van der Waals surface area (Å²) in [5.41, 5.74) is -4.96. The molecule has 7 N–H and O–H groups in total. The summed E-state index contributed by atoms with van der Waals surface area (Å²) >= 11 is 0. The number of hydrogen-bond donors (Lipinski definition) is 7. The fourth-order valence-electron chi connectivity index (χ4n) is 15.3. The fourth-order valence-corrected chi connectivity index (χ4v) is 15.3. The van der Waals surface area contributed by atoms with Gasteiger partial charge in [0, 0.05) is 53.2 Å². The van der Waals surface area contributed by atoms with Crippen molar-refractivity contribution in [3.63, 3.8) is 0 Å². The van der Waals surface area contributed by atoms with Crippen molar-refractivity contribution in [3.05, 3.63) is 46.5 Å². The zero-order valence-corrected chi connectivity index (χ0v) is 32.4. The molecule has 55 heavy (non-hydrogen) atoms. The number of nitrogens with one attached hydrogen (secondary N) is 1. The van der Waals surface area contributed by atoms with Gasteiger partial charge in [0.25, 0.3) is 0 Å². The van der Waals surface area contributed by atoms with Gasteiger partial charge in [0.2, 0.25) is 0 Å². The van der Waals surface area contributed by atoms with Crippen molar-refractivity contribution >= 4 is 12.3 Å². The molecule has 6 fully saturated rings. The summed E-state index contributed by atoms with van der Waals surface area (Å²) in [6.45, 7) is 4.10. The van der Waals surface area contributed by atoms with Crippen LogP contribution in [-0.2, 0) is 27.4 Å². The predicted octanol–water partition coefficient (Wildman–Crippen LogP) is 2.96. The van der Waals surface area contributed by atoms with Crippen LogP contribution in [0, 0.1) is 70.0 Å². The maximum absolute atomic E-state index is 14.0. The third-order valence-electron chi connectivity index (χ3n) is 17.6. The molecule has 1 aliphatic heterocycles. The number of benzene rings is 1. The van der Waals surface area contributed by atoms with E-state index in [-0.39, 0.29) is 61.5 Å². The first kappa shape index (κ1) is 37.9. The van der Waals surface area contributed by atoms with Crippen LogP contribution in [0.15, 0.2) is 29.8 Å². The summed E-state index contributed by atoms with van der Waals surface area (Å²) in [5, 5.41) is 79.4. The maximum atomic E-state index is 14.0. The molecule has 4 bridgehead atoms. The van der Waals surface area contributed by atoms with E-state index in [2.05, 4.69) is 31.0 Å². The molecule has 6 saturated carbocycles. The molecule has 0 saturated heterocycles. The minimum Gasteiger partial charge on any atom is -0.454 e. The molecule has 9 aliphatic rings. The Morgan fingerprint density at radius 1 is 1.02 bits per heavy atom. The van der Waals surface area contributed by atoms with Crippen LogP contribution in [-0.4, -0.2) is 91.1 Å². The Labute approximate surface area is 324 Å². The summed E-state index contributed by atoms with van der Waals surface area (Å²) in [5.74, 6) is 3.36. The van der Waals surface area contributed by atoms with E-state index in [9.17, 15) is 40.2 Å². The molecule has 8 aliphatic carbocycles. The highest BCUT2D eigenvalue weighted by Gasteiger charge is 2.85. The number of rotatable bonds is 4. The average Bonchev–Trinajstić information content (AvgIpc) is 3.61. The lowest BCUT2D eigenvalue weighted by molar-refractivity contribution is -0.375. The first-order valence-corrected chi connectivity index (χ1v) is 21.1. The lowest BCUT2D eigenvalue weighted by Crippen LogP contribution is -2.85. The first-order chi connectivity index (χ1) is 26.3. The SMILES string of the molecule is CN[C@@H]1Cc2c(cccc2CO)C#CCC[C@]23CC[C@H]4[C@@](O)([C@H](O)[C@@H]5C[C@H](C(C)C)CC[C@H]6[C@@H](O)CC[C@@]4(C=O)[C@]56O)[C@@]2(O)C[C@@H]2C[C@H]1[C@H]1OC(=O)C=C1[C@@H]23. The van der Waals surface area contributed by atoms with Gasteiger partial charge >= 0.3 is 5.97 Å². The molecule has 1 aromatic rings. The van der Waals surface area contributed by atoms with E-state index in [1.165, 1.54) is 0 Å². The van der Waals surface area contributed by atoms with Crippen LogP contribution in [0.25, 0.3) is 0 Å². The average molecular weight is 758 g/mol. The van der Waals surface area contributed by atoms with Crippen molar-refractivity contribution in [1.82, 2.24) is 5.32 Å². The molecule has 1 spiro atoms. The molecular weight excluding hydrogens is 698 g/mol. The lowest BCUT2D eigenvalue weighted by atomic mass is 9.35. The van der Waals surface area contributed by atoms with E-state index in [4.69, 9.17) is 4.74 Å². The molecule has 0 unspecified atom stereocenters. The maximum Gasteiger partial charge on any atom is 0.331 e. The summed E-state index contributed by atoms with van der Waals surface area (Å²) in [6, 6.07) is 5.59. The zero-order chi connectivity index (χ0) is 38.9. The highest BCUT2D eigenvalue weighted by molar-refractivity contribution is 5.86. The molecule has 16 atom stereocenters. The second-order valence-electron chi connectivity index (χ2n) is 19.3. The van der Waals surface area contributed by atoms with Gasteiger partial charge in [-0.05, 0) is 124 Å². The van der Waals surface area contributed by atoms with Crippen LogP contribution in [0.3, 0.4) is 0 Å². The Morgan fingerprint density at radius 3 is 2.55 bits per heavy atom. The minimum absolute atomic E-state index is 0.0713. The Bertz CT molecular complexity index is 1850. The van der Waals surface area contributed by atoms with Crippen LogP contribution in [0.1, 0.15) is 101 Å². The van der Waals surface area contributed by atoms with E-state index in [0.29, 0.717) is 51.4 Å².